The van der Waals surface area contributed by atoms with Gasteiger partial charge >= 0.3 is 0 Å². The summed E-state index contributed by atoms with van der Waals surface area (Å²) in [7, 11) is 0. The summed E-state index contributed by atoms with van der Waals surface area (Å²) < 4.78 is 2.21. The van der Waals surface area contributed by atoms with Gasteiger partial charge < -0.3 is 0 Å². The van der Waals surface area contributed by atoms with Crippen LogP contribution in [0.5, 0.6) is 0 Å². The molecule has 0 amide bonds. The van der Waals surface area contributed by atoms with Gasteiger partial charge in [-0.05, 0) is 36.7 Å². The van der Waals surface area contributed by atoms with E-state index in [0.29, 0.717) is 15.7 Å². The van der Waals surface area contributed by atoms with E-state index in [0.717, 1.165) is 24.2 Å². The van der Waals surface area contributed by atoms with Gasteiger partial charge in [-0.3, -0.25) is 5.10 Å². The van der Waals surface area contributed by atoms with E-state index in [1.165, 1.54) is 19.3 Å². The van der Waals surface area contributed by atoms with Crippen LogP contribution in [0.15, 0.2) is 40.5 Å². The summed E-state index contributed by atoms with van der Waals surface area (Å²) in [5, 5.41) is 12.2. The van der Waals surface area contributed by atoms with Gasteiger partial charge in [0.2, 0.25) is 4.77 Å². The summed E-state index contributed by atoms with van der Waals surface area (Å²) in [4.78, 5) is 0. The largest absolute Gasteiger partial charge is 0.250 e. The van der Waals surface area contributed by atoms with Crippen molar-refractivity contribution in [3.63, 3.8) is 0 Å². The molecule has 4 nitrogen and oxygen atoms in total. The van der Waals surface area contributed by atoms with Gasteiger partial charge in [-0.25, -0.2) is 0 Å². The van der Waals surface area contributed by atoms with E-state index in [4.69, 9.17) is 23.8 Å². The Balaban J connectivity index is 1.81. The highest BCUT2D eigenvalue weighted by Gasteiger charge is 2.21. The van der Waals surface area contributed by atoms with E-state index in [2.05, 4.69) is 15.3 Å². The van der Waals surface area contributed by atoms with Crippen LogP contribution < -0.4 is 0 Å². The van der Waals surface area contributed by atoms with Crippen LogP contribution in [-0.4, -0.2) is 21.1 Å². The zero-order chi connectivity index (χ0) is 16.1. The van der Waals surface area contributed by atoms with Gasteiger partial charge in [0.15, 0.2) is 5.82 Å². The minimum atomic E-state index is 0.422. The molecule has 0 bridgehead atoms. The molecular formula is C17H19ClN4S. The Hall–Kier alpha value is -1.72. The van der Waals surface area contributed by atoms with Gasteiger partial charge in [-0.15, -0.1) is 0 Å². The molecule has 0 unspecified atom stereocenters. The molecule has 1 aromatic carbocycles. The Morgan fingerprint density at radius 3 is 2.74 bits per heavy atom. The molecule has 2 aromatic rings. The summed E-state index contributed by atoms with van der Waals surface area (Å²) >= 11 is 11.5. The zero-order valence-electron chi connectivity index (χ0n) is 12.8. The summed E-state index contributed by atoms with van der Waals surface area (Å²) in [5.74, 6) is 1.33. The van der Waals surface area contributed by atoms with E-state index >= 15 is 0 Å². The summed E-state index contributed by atoms with van der Waals surface area (Å²) in [6, 6.07) is 9.90. The Morgan fingerprint density at radius 1 is 1.26 bits per heavy atom. The Labute approximate surface area is 145 Å². The first-order valence-corrected chi connectivity index (χ1v) is 8.66. The third-order valence-electron chi connectivity index (χ3n) is 4.05. The monoisotopic (exact) mass is 346 g/mol. The molecule has 0 radical (unpaired) electrons. The highest BCUT2D eigenvalue weighted by Crippen LogP contribution is 2.31. The van der Waals surface area contributed by atoms with Gasteiger partial charge in [0, 0.05) is 5.92 Å². The van der Waals surface area contributed by atoms with Gasteiger partial charge in [0.25, 0.3) is 0 Å². The predicted octanol–water partition coefficient (Wildman–Crippen LogP) is 5.10. The zero-order valence-corrected chi connectivity index (χ0v) is 14.4. The number of benzene rings is 1. The SMILES string of the molecule is S=c1[nH]nc(C2CCCCC2)n1N=C/C(Cl)=C/c1ccccc1. The molecule has 1 aliphatic rings. The fraction of sp³-hybridized carbons (Fsp3) is 0.353. The van der Waals surface area contributed by atoms with Gasteiger partial charge in [0.05, 0.1) is 11.2 Å². The lowest BCUT2D eigenvalue weighted by Crippen LogP contribution is -2.10. The lowest BCUT2D eigenvalue weighted by atomic mass is 9.89. The van der Waals surface area contributed by atoms with Crippen molar-refractivity contribution in [3.05, 3.63) is 51.5 Å². The normalized spacial score (nSPS) is 17.0. The number of rotatable bonds is 4. The van der Waals surface area contributed by atoms with Crippen molar-refractivity contribution < 1.29 is 0 Å². The molecular weight excluding hydrogens is 328 g/mol. The second kappa shape index (κ2) is 7.70. The van der Waals surface area contributed by atoms with Crippen LogP contribution in [-0.2, 0) is 0 Å². The fourth-order valence-corrected chi connectivity index (χ4v) is 3.26. The molecule has 1 fully saturated rings. The Kier molecular flexibility index (Phi) is 5.41. The molecule has 1 N–H and O–H groups in total. The molecule has 1 aliphatic carbocycles. The first kappa shape index (κ1) is 16.1. The Bertz CT molecular complexity index is 754. The number of aromatic amines is 1. The average molecular weight is 347 g/mol. The fourth-order valence-electron chi connectivity index (χ4n) is 2.90. The van der Waals surface area contributed by atoms with Crippen LogP contribution in [0.2, 0.25) is 0 Å². The first-order chi connectivity index (χ1) is 11.2. The van der Waals surface area contributed by atoms with Crippen molar-refractivity contribution in [2.45, 2.75) is 38.0 Å². The number of H-pyrrole nitrogens is 1. The average Bonchev–Trinajstić information content (AvgIpc) is 2.95. The second-order valence-corrected chi connectivity index (χ2v) is 6.54. The molecule has 0 saturated heterocycles. The van der Waals surface area contributed by atoms with Crippen LogP contribution in [0.1, 0.15) is 49.4 Å². The summed E-state index contributed by atoms with van der Waals surface area (Å²) in [6.07, 6.45) is 9.55. The van der Waals surface area contributed by atoms with Gasteiger partial charge in [-0.1, -0.05) is 61.2 Å². The molecule has 0 atom stereocenters. The van der Waals surface area contributed by atoms with Crippen molar-refractivity contribution in [2.24, 2.45) is 5.10 Å². The highest BCUT2D eigenvalue weighted by atomic mass is 35.5. The van der Waals surface area contributed by atoms with Crippen molar-refractivity contribution in [1.29, 1.82) is 0 Å². The number of allylic oxidation sites excluding steroid dienone is 1. The number of halogens is 1. The highest BCUT2D eigenvalue weighted by molar-refractivity contribution is 7.71. The van der Waals surface area contributed by atoms with Crippen LogP contribution in [0.25, 0.3) is 6.08 Å². The van der Waals surface area contributed by atoms with Crippen molar-refractivity contribution in [3.8, 4) is 0 Å². The van der Waals surface area contributed by atoms with E-state index in [1.807, 2.05) is 36.4 Å². The molecule has 0 aliphatic heterocycles. The van der Waals surface area contributed by atoms with Crippen LogP contribution in [0, 0.1) is 4.77 Å². The minimum absolute atomic E-state index is 0.422. The van der Waals surface area contributed by atoms with Crippen molar-refractivity contribution >= 4 is 36.1 Å². The van der Waals surface area contributed by atoms with E-state index in [9.17, 15) is 0 Å². The van der Waals surface area contributed by atoms with Crippen LogP contribution in [0.3, 0.4) is 0 Å². The van der Waals surface area contributed by atoms with Crippen LogP contribution >= 0.6 is 23.8 Å². The molecule has 3 rings (SSSR count). The third kappa shape index (κ3) is 4.18. The quantitative estimate of drug-likeness (QED) is 0.618. The maximum absolute atomic E-state index is 6.26. The van der Waals surface area contributed by atoms with E-state index in [-0.39, 0.29) is 0 Å². The standard InChI is InChI=1S/C17H19ClN4S/c18-15(11-13-7-3-1-4-8-13)12-19-22-16(20-21-17(22)23)14-9-5-2-6-10-14/h1,3-4,7-8,11-12,14H,2,5-6,9-10H2,(H,21,23)/b15-11-,19-12?. The van der Waals surface area contributed by atoms with Gasteiger partial charge in [0.1, 0.15) is 0 Å². The molecule has 120 valence electrons. The number of hydrogen-bond donors (Lipinski definition) is 1. The summed E-state index contributed by atoms with van der Waals surface area (Å²) in [6.45, 7) is 0. The maximum atomic E-state index is 6.26. The number of hydrogen-bond acceptors (Lipinski definition) is 3. The smallest absolute Gasteiger partial charge is 0.216 e. The number of nitrogens with zero attached hydrogens (tertiary/aromatic N) is 3. The van der Waals surface area contributed by atoms with Crippen molar-refractivity contribution in [2.75, 3.05) is 0 Å². The topological polar surface area (TPSA) is 46.0 Å². The lowest BCUT2D eigenvalue weighted by molar-refractivity contribution is 0.419. The second-order valence-electron chi connectivity index (χ2n) is 5.72. The molecule has 1 saturated carbocycles. The van der Waals surface area contributed by atoms with E-state index < -0.39 is 0 Å². The molecule has 6 heteroatoms. The van der Waals surface area contributed by atoms with Crippen LogP contribution in [0.4, 0.5) is 0 Å². The third-order valence-corrected chi connectivity index (χ3v) is 4.52. The Morgan fingerprint density at radius 2 is 2.00 bits per heavy atom. The van der Waals surface area contributed by atoms with Gasteiger partial charge in [-0.2, -0.15) is 14.9 Å². The molecule has 23 heavy (non-hydrogen) atoms. The molecule has 1 aromatic heterocycles. The van der Waals surface area contributed by atoms with Crippen molar-refractivity contribution in [1.82, 2.24) is 14.9 Å². The minimum Gasteiger partial charge on any atom is -0.250 e. The molecule has 1 heterocycles. The van der Waals surface area contributed by atoms with E-state index in [1.54, 1.807) is 10.9 Å². The maximum Gasteiger partial charge on any atom is 0.216 e. The number of nitrogens with one attached hydrogen (secondary N) is 1. The first-order valence-electron chi connectivity index (χ1n) is 7.88. The molecule has 0 spiro atoms. The number of aromatic nitrogens is 3. The predicted molar refractivity (Wildman–Crippen MR) is 97.4 cm³/mol. The summed E-state index contributed by atoms with van der Waals surface area (Å²) in [5.41, 5.74) is 1.03. The lowest BCUT2D eigenvalue weighted by Gasteiger charge is -2.19.